The Labute approximate surface area is 109 Å². The fourth-order valence-electron chi connectivity index (χ4n) is 3.38. The third-order valence-corrected chi connectivity index (χ3v) is 4.48. The molecule has 17 heavy (non-hydrogen) atoms. The van der Waals surface area contributed by atoms with E-state index in [9.17, 15) is 0 Å². The first kappa shape index (κ1) is 14.8. The Balaban J connectivity index is 2.17. The Morgan fingerprint density at radius 2 is 1.76 bits per heavy atom. The monoisotopic (exact) mass is 236 g/mol. The maximum Gasteiger partial charge on any atom is -0.0353 e. The fourth-order valence-corrected chi connectivity index (χ4v) is 3.38. The molecule has 0 spiro atoms. The zero-order chi connectivity index (χ0) is 12.3. The first-order chi connectivity index (χ1) is 8.38. The van der Waals surface area contributed by atoms with E-state index in [4.69, 9.17) is 0 Å². The second-order valence-corrected chi connectivity index (χ2v) is 5.87. The van der Waals surface area contributed by atoms with Gasteiger partial charge in [-0.05, 0) is 24.7 Å². The second-order valence-electron chi connectivity index (χ2n) is 5.87. The lowest BCUT2D eigenvalue weighted by atomic mass is 9.83. The Hall–Kier alpha value is -0.260. The molecule has 0 amide bonds. The molecule has 1 saturated carbocycles. The van der Waals surface area contributed by atoms with E-state index in [0.29, 0.717) is 0 Å². The summed E-state index contributed by atoms with van der Waals surface area (Å²) in [5, 5.41) is 0. The average Bonchev–Trinajstić information content (AvgIpc) is 2.86. The summed E-state index contributed by atoms with van der Waals surface area (Å²) in [6, 6.07) is 0. The summed E-state index contributed by atoms with van der Waals surface area (Å²) < 4.78 is 0. The van der Waals surface area contributed by atoms with Crippen molar-refractivity contribution in [3.63, 3.8) is 0 Å². The molecule has 1 fully saturated rings. The van der Waals surface area contributed by atoms with Gasteiger partial charge in [0.25, 0.3) is 0 Å². The van der Waals surface area contributed by atoms with Crippen molar-refractivity contribution < 1.29 is 0 Å². The first-order valence-electron chi connectivity index (χ1n) is 7.99. The van der Waals surface area contributed by atoms with Crippen molar-refractivity contribution in [2.75, 3.05) is 0 Å². The molecule has 1 atom stereocenters. The number of hydrogen-bond donors (Lipinski definition) is 0. The van der Waals surface area contributed by atoms with Crippen molar-refractivity contribution in [1.29, 1.82) is 0 Å². The highest BCUT2D eigenvalue weighted by molar-refractivity contribution is 4.76. The molecule has 1 unspecified atom stereocenters. The van der Waals surface area contributed by atoms with Crippen LogP contribution in [0.4, 0.5) is 0 Å². The third-order valence-electron chi connectivity index (χ3n) is 4.48. The van der Waals surface area contributed by atoms with Gasteiger partial charge < -0.3 is 0 Å². The molecular weight excluding hydrogens is 204 g/mol. The van der Waals surface area contributed by atoms with Gasteiger partial charge in [-0.25, -0.2) is 0 Å². The SMILES string of the molecule is C=CCCCCCC(CCCC)C1CCCC1. The maximum absolute atomic E-state index is 3.80. The van der Waals surface area contributed by atoms with E-state index in [0.717, 1.165) is 11.8 Å². The van der Waals surface area contributed by atoms with Crippen molar-refractivity contribution in [1.82, 2.24) is 0 Å². The molecule has 100 valence electrons. The van der Waals surface area contributed by atoms with Gasteiger partial charge >= 0.3 is 0 Å². The van der Waals surface area contributed by atoms with E-state index in [1.54, 1.807) is 0 Å². The zero-order valence-electron chi connectivity index (χ0n) is 11.9. The van der Waals surface area contributed by atoms with Gasteiger partial charge in [-0.2, -0.15) is 0 Å². The van der Waals surface area contributed by atoms with Gasteiger partial charge in [0.1, 0.15) is 0 Å². The molecule has 0 radical (unpaired) electrons. The molecule has 0 bridgehead atoms. The largest absolute Gasteiger partial charge is 0.103 e. The van der Waals surface area contributed by atoms with E-state index in [2.05, 4.69) is 19.6 Å². The molecule has 0 heterocycles. The summed E-state index contributed by atoms with van der Waals surface area (Å²) >= 11 is 0. The molecule has 0 aromatic carbocycles. The van der Waals surface area contributed by atoms with Gasteiger partial charge in [-0.3, -0.25) is 0 Å². The van der Waals surface area contributed by atoms with Crippen molar-refractivity contribution in [3.8, 4) is 0 Å². The minimum absolute atomic E-state index is 1.06. The predicted molar refractivity (Wildman–Crippen MR) is 78.3 cm³/mol. The van der Waals surface area contributed by atoms with Crippen LogP contribution in [-0.2, 0) is 0 Å². The molecule has 0 aromatic heterocycles. The fraction of sp³-hybridized carbons (Fsp3) is 0.882. The summed E-state index contributed by atoms with van der Waals surface area (Å²) in [5.74, 6) is 2.14. The van der Waals surface area contributed by atoms with Crippen molar-refractivity contribution in [2.45, 2.75) is 84.0 Å². The molecular formula is C17H32. The first-order valence-corrected chi connectivity index (χ1v) is 7.99. The lowest BCUT2D eigenvalue weighted by Crippen LogP contribution is -2.11. The van der Waals surface area contributed by atoms with E-state index < -0.39 is 0 Å². The number of rotatable bonds is 10. The Morgan fingerprint density at radius 3 is 2.41 bits per heavy atom. The molecule has 0 aliphatic heterocycles. The number of hydrogen-bond acceptors (Lipinski definition) is 0. The Morgan fingerprint density at radius 1 is 1.06 bits per heavy atom. The predicted octanol–water partition coefficient (Wildman–Crippen LogP) is 6.12. The maximum atomic E-state index is 3.80. The Bertz CT molecular complexity index is 176. The van der Waals surface area contributed by atoms with Crippen molar-refractivity contribution in [2.24, 2.45) is 11.8 Å². The van der Waals surface area contributed by atoms with E-state index in [1.165, 1.54) is 77.0 Å². The highest BCUT2D eigenvalue weighted by Gasteiger charge is 2.23. The van der Waals surface area contributed by atoms with Crippen LogP contribution >= 0.6 is 0 Å². The average molecular weight is 236 g/mol. The lowest BCUT2D eigenvalue weighted by Gasteiger charge is -2.23. The molecule has 0 aromatic rings. The van der Waals surface area contributed by atoms with Crippen molar-refractivity contribution >= 4 is 0 Å². The molecule has 1 aliphatic rings. The van der Waals surface area contributed by atoms with Gasteiger partial charge in [-0.15, -0.1) is 6.58 Å². The molecule has 1 rings (SSSR count). The molecule has 0 nitrogen and oxygen atoms in total. The van der Waals surface area contributed by atoms with Crippen LogP contribution in [0.25, 0.3) is 0 Å². The number of unbranched alkanes of at least 4 members (excludes halogenated alkanes) is 4. The van der Waals surface area contributed by atoms with Crippen LogP contribution in [0.15, 0.2) is 12.7 Å². The summed E-state index contributed by atoms with van der Waals surface area (Å²) in [7, 11) is 0. The van der Waals surface area contributed by atoms with E-state index >= 15 is 0 Å². The van der Waals surface area contributed by atoms with Gasteiger partial charge in [-0.1, -0.05) is 77.2 Å². The molecule has 1 aliphatic carbocycles. The van der Waals surface area contributed by atoms with Crippen LogP contribution in [0.2, 0.25) is 0 Å². The third kappa shape index (κ3) is 6.29. The summed E-state index contributed by atoms with van der Waals surface area (Å²) in [4.78, 5) is 0. The molecule has 0 saturated heterocycles. The summed E-state index contributed by atoms with van der Waals surface area (Å²) in [6.07, 6.45) is 19.4. The van der Waals surface area contributed by atoms with E-state index in [-0.39, 0.29) is 0 Å². The normalized spacial score (nSPS) is 18.4. The van der Waals surface area contributed by atoms with Crippen LogP contribution in [0.3, 0.4) is 0 Å². The highest BCUT2D eigenvalue weighted by atomic mass is 14.3. The van der Waals surface area contributed by atoms with Crippen molar-refractivity contribution in [3.05, 3.63) is 12.7 Å². The van der Waals surface area contributed by atoms with Gasteiger partial charge in [0, 0.05) is 0 Å². The minimum Gasteiger partial charge on any atom is -0.103 e. The quantitative estimate of drug-likeness (QED) is 0.316. The summed E-state index contributed by atoms with van der Waals surface area (Å²) in [5.41, 5.74) is 0. The number of allylic oxidation sites excluding steroid dienone is 1. The standard InChI is InChI=1S/C17H32/c1-3-5-7-8-9-13-16(12-6-4-2)17-14-10-11-15-17/h3,16-17H,1,4-15H2,2H3. The lowest BCUT2D eigenvalue weighted by molar-refractivity contribution is 0.284. The van der Waals surface area contributed by atoms with E-state index in [1.807, 2.05) is 0 Å². The van der Waals surface area contributed by atoms with Crippen LogP contribution < -0.4 is 0 Å². The van der Waals surface area contributed by atoms with Crippen LogP contribution in [0, 0.1) is 11.8 Å². The molecule has 0 N–H and O–H groups in total. The Kier molecular flexibility index (Phi) is 8.48. The highest BCUT2D eigenvalue weighted by Crippen LogP contribution is 2.36. The van der Waals surface area contributed by atoms with Crippen LogP contribution in [-0.4, -0.2) is 0 Å². The van der Waals surface area contributed by atoms with Gasteiger partial charge in [0.2, 0.25) is 0 Å². The van der Waals surface area contributed by atoms with Gasteiger partial charge in [0.05, 0.1) is 0 Å². The molecule has 0 heteroatoms. The minimum atomic E-state index is 1.06. The van der Waals surface area contributed by atoms with Crippen LogP contribution in [0.5, 0.6) is 0 Å². The zero-order valence-corrected chi connectivity index (χ0v) is 11.9. The second kappa shape index (κ2) is 9.74. The topological polar surface area (TPSA) is 0 Å². The summed E-state index contributed by atoms with van der Waals surface area (Å²) in [6.45, 7) is 6.13. The smallest absolute Gasteiger partial charge is 0.0353 e. The van der Waals surface area contributed by atoms with Gasteiger partial charge in [0.15, 0.2) is 0 Å². The van der Waals surface area contributed by atoms with Crippen LogP contribution in [0.1, 0.15) is 84.0 Å².